The zero-order valence-corrected chi connectivity index (χ0v) is 6.50. The number of rotatable bonds is 0. The van der Waals surface area contributed by atoms with Gasteiger partial charge < -0.3 is 10.1 Å². The molecule has 2 rings (SSSR count). The summed E-state index contributed by atoms with van der Waals surface area (Å²) in [4.78, 5) is 0. The van der Waals surface area contributed by atoms with Gasteiger partial charge in [0.15, 0.2) is 0 Å². The number of hydrogen-bond acceptors (Lipinski definition) is 3. The van der Waals surface area contributed by atoms with Crippen molar-refractivity contribution in [2.45, 2.75) is 0 Å². The molecule has 0 saturated heterocycles. The van der Waals surface area contributed by atoms with Crippen LogP contribution in [0, 0.1) is 11.3 Å². The van der Waals surface area contributed by atoms with Crippen LogP contribution >= 0.6 is 0 Å². The molecule has 0 fully saturated rings. The molecule has 0 amide bonds. The Morgan fingerprint density at radius 3 is 3.25 bits per heavy atom. The number of nitrogens with zero attached hydrogens (tertiary/aromatic N) is 1. The van der Waals surface area contributed by atoms with Crippen molar-refractivity contribution in [2.75, 3.05) is 18.5 Å². The minimum absolute atomic E-state index is 0.637. The van der Waals surface area contributed by atoms with Crippen LogP contribution in [-0.2, 0) is 0 Å². The lowest BCUT2D eigenvalue weighted by Crippen LogP contribution is -2.17. The van der Waals surface area contributed by atoms with Crippen molar-refractivity contribution in [1.82, 2.24) is 0 Å². The van der Waals surface area contributed by atoms with Crippen LogP contribution in [0.15, 0.2) is 18.2 Å². The van der Waals surface area contributed by atoms with Crippen LogP contribution < -0.4 is 10.1 Å². The van der Waals surface area contributed by atoms with E-state index < -0.39 is 0 Å². The van der Waals surface area contributed by atoms with E-state index in [1.54, 1.807) is 12.1 Å². The summed E-state index contributed by atoms with van der Waals surface area (Å²) in [7, 11) is 0. The zero-order valence-electron chi connectivity index (χ0n) is 6.50. The van der Waals surface area contributed by atoms with Crippen molar-refractivity contribution in [2.24, 2.45) is 0 Å². The first-order chi connectivity index (χ1) is 5.90. The second-order valence-electron chi connectivity index (χ2n) is 2.60. The van der Waals surface area contributed by atoms with E-state index in [9.17, 15) is 0 Å². The first kappa shape index (κ1) is 6.99. The Balaban J connectivity index is 2.44. The molecule has 0 bridgehead atoms. The number of nitriles is 1. The summed E-state index contributed by atoms with van der Waals surface area (Å²) >= 11 is 0. The summed E-state index contributed by atoms with van der Waals surface area (Å²) < 4.78 is 5.35. The Hall–Kier alpha value is -1.69. The molecule has 1 aliphatic rings. The Morgan fingerprint density at radius 2 is 2.42 bits per heavy atom. The predicted octanol–water partition coefficient (Wildman–Crippen LogP) is 1.36. The lowest BCUT2D eigenvalue weighted by molar-refractivity contribution is 0.323. The van der Waals surface area contributed by atoms with E-state index in [0.29, 0.717) is 12.2 Å². The summed E-state index contributed by atoms with van der Waals surface area (Å²) in [5, 5.41) is 11.8. The molecular weight excluding hydrogens is 152 g/mol. The molecule has 0 saturated carbocycles. The van der Waals surface area contributed by atoms with Crippen LogP contribution in [0.5, 0.6) is 5.75 Å². The van der Waals surface area contributed by atoms with Crippen molar-refractivity contribution in [3.63, 3.8) is 0 Å². The van der Waals surface area contributed by atoms with Gasteiger partial charge in [-0.25, -0.2) is 0 Å². The average Bonchev–Trinajstić information content (AvgIpc) is 2.17. The maximum absolute atomic E-state index is 8.61. The van der Waals surface area contributed by atoms with E-state index >= 15 is 0 Å². The van der Waals surface area contributed by atoms with Crippen molar-refractivity contribution < 1.29 is 4.74 Å². The minimum atomic E-state index is 0.637. The monoisotopic (exact) mass is 160 g/mol. The highest BCUT2D eigenvalue weighted by Gasteiger charge is 2.08. The molecule has 0 unspecified atom stereocenters. The van der Waals surface area contributed by atoms with Gasteiger partial charge in [-0.05, 0) is 12.1 Å². The topological polar surface area (TPSA) is 45.0 Å². The van der Waals surface area contributed by atoms with Crippen LogP contribution in [0.1, 0.15) is 5.56 Å². The normalized spacial score (nSPS) is 13.6. The fourth-order valence-electron chi connectivity index (χ4n) is 1.20. The molecule has 0 atom stereocenters. The van der Waals surface area contributed by atoms with Gasteiger partial charge in [-0.1, -0.05) is 0 Å². The number of hydrogen-bond donors (Lipinski definition) is 1. The smallest absolute Gasteiger partial charge is 0.143 e. The maximum Gasteiger partial charge on any atom is 0.143 e. The standard InChI is InChI=1S/C9H8N2O/c10-6-7-1-2-8-9(5-7)12-4-3-11-8/h1-2,5,11H,3-4H2. The summed E-state index contributed by atoms with van der Waals surface area (Å²) in [5.74, 6) is 0.778. The third-order valence-electron chi connectivity index (χ3n) is 1.79. The summed E-state index contributed by atoms with van der Waals surface area (Å²) in [6, 6.07) is 7.47. The summed E-state index contributed by atoms with van der Waals surface area (Å²) in [6.45, 7) is 1.50. The molecule has 1 aromatic rings. The Labute approximate surface area is 70.6 Å². The van der Waals surface area contributed by atoms with Crippen LogP contribution in [0.25, 0.3) is 0 Å². The number of nitrogens with one attached hydrogen (secondary N) is 1. The molecule has 60 valence electrons. The number of fused-ring (bicyclic) bond motifs is 1. The van der Waals surface area contributed by atoms with Crippen molar-refractivity contribution in [3.8, 4) is 11.8 Å². The highest BCUT2D eigenvalue weighted by Crippen LogP contribution is 2.27. The van der Waals surface area contributed by atoms with Gasteiger partial charge in [-0.15, -0.1) is 0 Å². The van der Waals surface area contributed by atoms with E-state index in [-0.39, 0.29) is 0 Å². The van der Waals surface area contributed by atoms with Crippen LogP contribution in [0.4, 0.5) is 5.69 Å². The molecule has 1 N–H and O–H groups in total. The second-order valence-corrected chi connectivity index (χ2v) is 2.60. The van der Waals surface area contributed by atoms with Crippen LogP contribution in [-0.4, -0.2) is 13.2 Å². The van der Waals surface area contributed by atoms with E-state index in [1.807, 2.05) is 6.07 Å². The molecule has 1 heterocycles. The average molecular weight is 160 g/mol. The van der Waals surface area contributed by atoms with Gasteiger partial charge >= 0.3 is 0 Å². The molecular formula is C9H8N2O. The van der Waals surface area contributed by atoms with Gasteiger partial charge in [0, 0.05) is 12.6 Å². The van der Waals surface area contributed by atoms with E-state index in [4.69, 9.17) is 10.00 Å². The Morgan fingerprint density at radius 1 is 1.50 bits per heavy atom. The SMILES string of the molecule is N#Cc1ccc2c(c1)OCCN2. The van der Waals surface area contributed by atoms with Gasteiger partial charge in [0.1, 0.15) is 12.4 Å². The van der Waals surface area contributed by atoms with Crippen LogP contribution in [0.2, 0.25) is 0 Å². The lowest BCUT2D eigenvalue weighted by atomic mass is 10.2. The van der Waals surface area contributed by atoms with Crippen LogP contribution in [0.3, 0.4) is 0 Å². The highest BCUT2D eigenvalue weighted by molar-refractivity contribution is 5.60. The third-order valence-corrected chi connectivity index (χ3v) is 1.79. The molecule has 3 heteroatoms. The zero-order chi connectivity index (χ0) is 8.39. The second kappa shape index (κ2) is 2.74. The van der Waals surface area contributed by atoms with E-state index in [0.717, 1.165) is 18.0 Å². The molecule has 1 aliphatic heterocycles. The first-order valence-corrected chi connectivity index (χ1v) is 3.81. The van der Waals surface area contributed by atoms with Gasteiger partial charge in [-0.3, -0.25) is 0 Å². The number of ether oxygens (including phenoxy) is 1. The molecule has 0 aliphatic carbocycles. The molecule has 0 spiro atoms. The van der Waals surface area contributed by atoms with Gasteiger partial charge in [0.2, 0.25) is 0 Å². The molecule has 12 heavy (non-hydrogen) atoms. The third kappa shape index (κ3) is 1.08. The lowest BCUT2D eigenvalue weighted by Gasteiger charge is -2.18. The van der Waals surface area contributed by atoms with Crippen molar-refractivity contribution >= 4 is 5.69 Å². The van der Waals surface area contributed by atoms with Crippen molar-refractivity contribution in [3.05, 3.63) is 23.8 Å². The molecule has 0 radical (unpaired) electrons. The van der Waals surface area contributed by atoms with E-state index in [1.165, 1.54) is 0 Å². The predicted molar refractivity (Wildman–Crippen MR) is 45.1 cm³/mol. The van der Waals surface area contributed by atoms with Gasteiger partial charge in [-0.2, -0.15) is 5.26 Å². The minimum Gasteiger partial charge on any atom is -0.490 e. The summed E-state index contributed by atoms with van der Waals surface area (Å²) in [6.07, 6.45) is 0. The highest BCUT2D eigenvalue weighted by atomic mass is 16.5. The maximum atomic E-state index is 8.61. The Bertz CT molecular complexity index is 341. The fourth-order valence-corrected chi connectivity index (χ4v) is 1.20. The number of benzene rings is 1. The Kier molecular flexibility index (Phi) is 1.60. The quantitative estimate of drug-likeness (QED) is 0.623. The van der Waals surface area contributed by atoms with Gasteiger partial charge in [0.25, 0.3) is 0 Å². The van der Waals surface area contributed by atoms with Crippen molar-refractivity contribution in [1.29, 1.82) is 5.26 Å². The van der Waals surface area contributed by atoms with E-state index in [2.05, 4.69) is 11.4 Å². The first-order valence-electron chi connectivity index (χ1n) is 3.81. The largest absolute Gasteiger partial charge is 0.490 e. The molecule has 0 aromatic heterocycles. The summed E-state index contributed by atoms with van der Waals surface area (Å²) in [5.41, 5.74) is 1.61. The number of anilines is 1. The molecule has 3 nitrogen and oxygen atoms in total. The molecule has 1 aromatic carbocycles. The van der Waals surface area contributed by atoms with Gasteiger partial charge in [0.05, 0.1) is 17.3 Å². The fraction of sp³-hybridized carbons (Fsp3) is 0.222.